The van der Waals surface area contributed by atoms with Gasteiger partial charge < -0.3 is 10.6 Å². The predicted octanol–water partition coefficient (Wildman–Crippen LogP) is 2.36. The molecule has 4 nitrogen and oxygen atoms in total. The maximum absolute atomic E-state index is 6.31. The summed E-state index contributed by atoms with van der Waals surface area (Å²) < 4.78 is 1.98. The molecule has 2 atom stereocenters. The van der Waals surface area contributed by atoms with Crippen molar-refractivity contribution >= 4 is 11.5 Å². The van der Waals surface area contributed by atoms with Crippen LogP contribution in [0.3, 0.4) is 0 Å². The topological polar surface area (TPSA) is 47.1 Å². The first-order valence-corrected chi connectivity index (χ1v) is 7.15. The lowest BCUT2D eigenvalue weighted by Gasteiger charge is -2.20. The normalized spacial score (nSPS) is 27.2. The van der Waals surface area contributed by atoms with E-state index in [0.717, 1.165) is 29.0 Å². The van der Waals surface area contributed by atoms with E-state index in [9.17, 15) is 0 Å². The molecule has 1 saturated heterocycles. The molecule has 1 aromatic heterocycles. The van der Waals surface area contributed by atoms with Gasteiger partial charge in [-0.25, -0.2) is 0 Å². The highest BCUT2D eigenvalue weighted by molar-refractivity contribution is 5.67. The SMILES string of the molecule is CC(C)c1nn(C)c(N2CC3CCCC3C2)c1N. The molecule has 0 amide bonds. The molecule has 18 heavy (non-hydrogen) atoms. The highest BCUT2D eigenvalue weighted by Crippen LogP contribution is 2.41. The molecule has 1 aliphatic carbocycles. The van der Waals surface area contributed by atoms with Crippen LogP contribution in [0.2, 0.25) is 0 Å². The molecule has 4 heteroatoms. The van der Waals surface area contributed by atoms with Crippen LogP contribution in [0.25, 0.3) is 0 Å². The van der Waals surface area contributed by atoms with Gasteiger partial charge in [0.25, 0.3) is 0 Å². The summed E-state index contributed by atoms with van der Waals surface area (Å²) in [6.07, 6.45) is 4.22. The third kappa shape index (κ3) is 1.70. The molecule has 1 saturated carbocycles. The van der Waals surface area contributed by atoms with Crippen LogP contribution < -0.4 is 10.6 Å². The van der Waals surface area contributed by atoms with Gasteiger partial charge in [-0.05, 0) is 30.6 Å². The molecule has 2 unspecified atom stereocenters. The van der Waals surface area contributed by atoms with Gasteiger partial charge in [-0.15, -0.1) is 0 Å². The zero-order chi connectivity index (χ0) is 12.9. The van der Waals surface area contributed by atoms with Crippen molar-refractivity contribution in [1.29, 1.82) is 0 Å². The van der Waals surface area contributed by atoms with Crippen molar-refractivity contribution in [3.63, 3.8) is 0 Å². The van der Waals surface area contributed by atoms with Gasteiger partial charge >= 0.3 is 0 Å². The van der Waals surface area contributed by atoms with Gasteiger partial charge in [-0.3, -0.25) is 4.68 Å². The summed E-state index contributed by atoms with van der Waals surface area (Å²) >= 11 is 0. The number of nitrogens with two attached hydrogens (primary N) is 1. The Hall–Kier alpha value is -1.19. The molecule has 1 aromatic rings. The van der Waals surface area contributed by atoms with Crippen LogP contribution >= 0.6 is 0 Å². The highest BCUT2D eigenvalue weighted by Gasteiger charge is 2.38. The summed E-state index contributed by atoms with van der Waals surface area (Å²) in [5, 5.41) is 4.60. The lowest BCUT2D eigenvalue weighted by molar-refractivity contribution is 0.494. The van der Waals surface area contributed by atoms with E-state index in [2.05, 4.69) is 23.8 Å². The molecule has 0 spiro atoms. The van der Waals surface area contributed by atoms with Crippen molar-refractivity contribution in [2.45, 2.75) is 39.0 Å². The molecule has 0 aromatic carbocycles. The van der Waals surface area contributed by atoms with E-state index in [1.54, 1.807) is 0 Å². The monoisotopic (exact) mass is 248 g/mol. The number of fused-ring (bicyclic) bond motifs is 1. The van der Waals surface area contributed by atoms with E-state index in [-0.39, 0.29) is 0 Å². The van der Waals surface area contributed by atoms with Crippen molar-refractivity contribution in [2.24, 2.45) is 18.9 Å². The molecule has 1 aliphatic heterocycles. The first-order valence-electron chi connectivity index (χ1n) is 7.15. The van der Waals surface area contributed by atoms with Gasteiger partial charge in [0.15, 0.2) is 0 Å². The smallest absolute Gasteiger partial charge is 0.150 e. The third-order valence-electron chi connectivity index (χ3n) is 4.65. The van der Waals surface area contributed by atoms with E-state index in [0.29, 0.717) is 5.92 Å². The third-order valence-corrected chi connectivity index (χ3v) is 4.65. The predicted molar refractivity (Wildman–Crippen MR) is 74.8 cm³/mol. The van der Waals surface area contributed by atoms with E-state index >= 15 is 0 Å². The average Bonchev–Trinajstić information content (AvgIpc) is 2.91. The molecule has 2 fully saturated rings. The zero-order valence-corrected chi connectivity index (χ0v) is 11.7. The molecular formula is C14H24N4. The zero-order valence-electron chi connectivity index (χ0n) is 11.7. The summed E-state index contributed by atoms with van der Waals surface area (Å²) in [7, 11) is 2.02. The van der Waals surface area contributed by atoms with Crippen molar-refractivity contribution < 1.29 is 0 Å². The maximum Gasteiger partial charge on any atom is 0.150 e. The van der Waals surface area contributed by atoms with Crippen molar-refractivity contribution in [2.75, 3.05) is 23.7 Å². The quantitative estimate of drug-likeness (QED) is 0.874. The number of aromatic nitrogens is 2. The molecule has 3 rings (SSSR count). The Morgan fingerprint density at radius 1 is 1.22 bits per heavy atom. The molecular weight excluding hydrogens is 224 g/mol. The van der Waals surface area contributed by atoms with E-state index in [4.69, 9.17) is 5.73 Å². The largest absolute Gasteiger partial charge is 0.394 e. The fourth-order valence-corrected chi connectivity index (χ4v) is 3.76. The second-order valence-electron chi connectivity index (χ2n) is 6.26. The lowest BCUT2D eigenvalue weighted by atomic mass is 10.0. The lowest BCUT2D eigenvalue weighted by Crippen LogP contribution is -2.24. The van der Waals surface area contributed by atoms with E-state index < -0.39 is 0 Å². The van der Waals surface area contributed by atoms with Gasteiger partial charge in [0.05, 0.1) is 11.4 Å². The second-order valence-corrected chi connectivity index (χ2v) is 6.26. The van der Waals surface area contributed by atoms with Gasteiger partial charge in [-0.2, -0.15) is 5.10 Å². The number of hydrogen-bond donors (Lipinski definition) is 1. The highest BCUT2D eigenvalue weighted by atomic mass is 15.4. The Bertz CT molecular complexity index is 437. The van der Waals surface area contributed by atoms with Crippen molar-refractivity contribution in [1.82, 2.24) is 9.78 Å². The minimum Gasteiger partial charge on any atom is -0.394 e. The van der Waals surface area contributed by atoms with Crippen molar-refractivity contribution in [3.05, 3.63) is 5.69 Å². The first-order chi connectivity index (χ1) is 8.58. The fraction of sp³-hybridized carbons (Fsp3) is 0.786. The van der Waals surface area contributed by atoms with Crippen LogP contribution in [0, 0.1) is 11.8 Å². The van der Waals surface area contributed by atoms with Crippen LogP contribution in [0.1, 0.15) is 44.7 Å². The minimum atomic E-state index is 0.395. The number of hydrogen-bond acceptors (Lipinski definition) is 3. The summed E-state index contributed by atoms with van der Waals surface area (Å²) in [5.74, 6) is 3.32. The summed E-state index contributed by atoms with van der Waals surface area (Å²) in [4.78, 5) is 2.46. The van der Waals surface area contributed by atoms with E-state index in [1.807, 2.05) is 11.7 Å². The minimum absolute atomic E-state index is 0.395. The number of nitrogen functional groups attached to an aromatic ring is 1. The number of aryl methyl sites for hydroxylation is 1. The van der Waals surface area contributed by atoms with E-state index in [1.165, 1.54) is 32.4 Å². The molecule has 0 bridgehead atoms. The van der Waals surface area contributed by atoms with Crippen LogP contribution in [0.15, 0.2) is 0 Å². The molecule has 100 valence electrons. The first kappa shape index (κ1) is 11.9. The van der Waals surface area contributed by atoms with Gasteiger partial charge in [0.2, 0.25) is 0 Å². The van der Waals surface area contributed by atoms with Crippen LogP contribution in [0.4, 0.5) is 11.5 Å². The average molecular weight is 248 g/mol. The summed E-state index contributed by atoms with van der Waals surface area (Å²) in [6.45, 7) is 6.65. The van der Waals surface area contributed by atoms with Gasteiger partial charge in [0.1, 0.15) is 5.82 Å². The number of nitrogens with zero attached hydrogens (tertiary/aromatic N) is 3. The van der Waals surface area contributed by atoms with Crippen LogP contribution in [0.5, 0.6) is 0 Å². The van der Waals surface area contributed by atoms with Crippen LogP contribution in [-0.2, 0) is 7.05 Å². The Kier molecular flexibility index (Phi) is 2.76. The summed E-state index contributed by atoms with van der Waals surface area (Å²) in [5.41, 5.74) is 8.25. The molecule has 2 heterocycles. The Labute approximate surface area is 109 Å². The maximum atomic E-state index is 6.31. The Balaban J connectivity index is 1.89. The molecule has 2 N–H and O–H groups in total. The second kappa shape index (κ2) is 4.18. The number of rotatable bonds is 2. The van der Waals surface area contributed by atoms with Crippen molar-refractivity contribution in [3.8, 4) is 0 Å². The summed E-state index contributed by atoms with van der Waals surface area (Å²) in [6, 6.07) is 0. The molecule has 2 aliphatic rings. The van der Waals surface area contributed by atoms with Crippen LogP contribution in [-0.4, -0.2) is 22.9 Å². The number of anilines is 2. The van der Waals surface area contributed by atoms with Gasteiger partial charge in [-0.1, -0.05) is 20.3 Å². The Morgan fingerprint density at radius 3 is 2.33 bits per heavy atom. The standard InChI is InChI=1S/C14H24N4/c1-9(2)13-12(15)14(17(3)16-13)18-7-10-5-4-6-11(10)8-18/h9-11H,4-8,15H2,1-3H3. The fourth-order valence-electron chi connectivity index (χ4n) is 3.76. The Morgan fingerprint density at radius 2 is 1.83 bits per heavy atom. The van der Waals surface area contributed by atoms with Gasteiger partial charge in [0, 0.05) is 20.1 Å². The molecule has 0 radical (unpaired) electrons.